The highest BCUT2D eigenvalue weighted by atomic mass is 16.5. The van der Waals surface area contributed by atoms with Gasteiger partial charge in [-0.25, -0.2) is 9.97 Å². The van der Waals surface area contributed by atoms with Crippen molar-refractivity contribution in [1.29, 1.82) is 0 Å². The second kappa shape index (κ2) is 8.61. The lowest BCUT2D eigenvalue weighted by Gasteiger charge is -2.12. The summed E-state index contributed by atoms with van der Waals surface area (Å²) in [6.45, 7) is 0.741. The molecule has 0 radical (unpaired) electrons. The Hall–Kier alpha value is -3.60. The first-order valence-electron chi connectivity index (χ1n) is 9.55. The minimum absolute atomic E-state index is 0.720. The lowest BCUT2D eigenvalue weighted by atomic mass is 10.1. The maximum absolute atomic E-state index is 5.40. The minimum Gasteiger partial charge on any atom is -0.493 e. The number of methoxy groups -OCH3 is 2. The van der Waals surface area contributed by atoms with E-state index in [0.29, 0.717) is 0 Å². The first-order chi connectivity index (χ1) is 14.3. The number of nitrogens with one attached hydrogen (secondary N) is 1. The van der Waals surface area contributed by atoms with Crippen LogP contribution < -0.4 is 14.8 Å². The highest BCUT2D eigenvalue weighted by molar-refractivity contribution is 5.90. The SMILES string of the molecule is COc1ccc(CCNc2nc(-c3ccccc3)nc3ccccc23)cc1OC. The number of nitrogens with zero attached hydrogens (tertiary/aromatic N) is 2. The molecule has 0 saturated heterocycles. The summed E-state index contributed by atoms with van der Waals surface area (Å²) in [7, 11) is 3.29. The molecule has 5 nitrogen and oxygen atoms in total. The number of rotatable bonds is 7. The summed E-state index contributed by atoms with van der Waals surface area (Å²) in [5.41, 5.74) is 3.09. The van der Waals surface area contributed by atoms with E-state index in [1.54, 1.807) is 14.2 Å². The first-order valence-corrected chi connectivity index (χ1v) is 9.55. The van der Waals surface area contributed by atoms with Gasteiger partial charge in [-0.05, 0) is 36.2 Å². The minimum atomic E-state index is 0.720. The predicted molar refractivity (Wildman–Crippen MR) is 117 cm³/mol. The lowest BCUT2D eigenvalue weighted by molar-refractivity contribution is 0.354. The van der Waals surface area contributed by atoms with Crippen molar-refractivity contribution in [1.82, 2.24) is 9.97 Å². The van der Waals surface area contributed by atoms with Gasteiger partial charge < -0.3 is 14.8 Å². The van der Waals surface area contributed by atoms with Crippen molar-refractivity contribution >= 4 is 16.7 Å². The van der Waals surface area contributed by atoms with Crippen LogP contribution in [0.5, 0.6) is 11.5 Å². The fourth-order valence-corrected chi connectivity index (χ4v) is 3.29. The molecule has 0 unspecified atom stereocenters. The van der Waals surface area contributed by atoms with E-state index in [-0.39, 0.29) is 0 Å². The van der Waals surface area contributed by atoms with E-state index >= 15 is 0 Å². The molecule has 0 bridgehead atoms. The molecule has 0 saturated carbocycles. The molecule has 0 aliphatic rings. The normalized spacial score (nSPS) is 10.7. The molecule has 0 spiro atoms. The molecule has 1 heterocycles. The van der Waals surface area contributed by atoms with Crippen LogP contribution >= 0.6 is 0 Å². The monoisotopic (exact) mass is 385 g/mol. The Morgan fingerprint density at radius 3 is 2.34 bits per heavy atom. The van der Waals surface area contributed by atoms with E-state index < -0.39 is 0 Å². The van der Waals surface area contributed by atoms with E-state index in [1.165, 1.54) is 0 Å². The highest BCUT2D eigenvalue weighted by Gasteiger charge is 2.09. The topological polar surface area (TPSA) is 56.3 Å². The molecule has 0 aliphatic heterocycles. The second-order valence-corrected chi connectivity index (χ2v) is 6.65. The van der Waals surface area contributed by atoms with E-state index in [0.717, 1.165) is 58.1 Å². The molecule has 1 N–H and O–H groups in total. The zero-order valence-corrected chi connectivity index (χ0v) is 16.6. The van der Waals surface area contributed by atoms with Crippen LogP contribution in [-0.2, 0) is 6.42 Å². The van der Waals surface area contributed by atoms with Crippen molar-refractivity contribution in [3.8, 4) is 22.9 Å². The van der Waals surface area contributed by atoms with Crippen LogP contribution in [0.25, 0.3) is 22.3 Å². The summed E-state index contributed by atoms with van der Waals surface area (Å²) in [6.07, 6.45) is 0.833. The Morgan fingerprint density at radius 1 is 0.793 bits per heavy atom. The average molecular weight is 385 g/mol. The van der Waals surface area contributed by atoms with Gasteiger partial charge in [0.1, 0.15) is 5.82 Å². The van der Waals surface area contributed by atoms with Gasteiger partial charge in [0.05, 0.1) is 19.7 Å². The maximum atomic E-state index is 5.40. The molecular formula is C24H23N3O2. The Morgan fingerprint density at radius 2 is 1.55 bits per heavy atom. The standard InChI is InChI=1S/C24H23N3O2/c1-28-21-13-12-17(16-22(21)29-2)14-15-25-24-19-10-6-7-11-20(19)26-23(27-24)18-8-4-3-5-9-18/h3-13,16H,14-15H2,1-2H3,(H,25,26,27). The van der Waals surface area contributed by atoms with Gasteiger partial charge in [-0.15, -0.1) is 0 Å². The van der Waals surface area contributed by atoms with Crippen LogP contribution in [0.2, 0.25) is 0 Å². The number of aromatic nitrogens is 2. The van der Waals surface area contributed by atoms with Crippen LogP contribution in [0.3, 0.4) is 0 Å². The maximum Gasteiger partial charge on any atom is 0.162 e. The molecule has 29 heavy (non-hydrogen) atoms. The third kappa shape index (κ3) is 4.14. The fraction of sp³-hybridized carbons (Fsp3) is 0.167. The molecule has 0 aliphatic carbocycles. The smallest absolute Gasteiger partial charge is 0.162 e. The van der Waals surface area contributed by atoms with Crippen LogP contribution in [-0.4, -0.2) is 30.7 Å². The molecule has 146 valence electrons. The van der Waals surface area contributed by atoms with Crippen LogP contribution in [0, 0.1) is 0 Å². The Labute approximate surface area is 170 Å². The van der Waals surface area contributed by atoms with Gasteiger partial charge in [0.25, 0.3) is 0 Å². The van der Waals surface area contributed by atoms with E-state index in [2.05, 4.69) is 11.4 Å². The first kappa shape index (κ1) is 18.7. The van der Waals surface area contributed by atoms with Crippen molar-refractivity contribution in [2.75, 3.05) is 26.1 Å². The Kier molecular flexibility index (Phi) is 5.56. The van der Waals surface area contributed by atoms with Crippen LogP contribution in [0.1, 0.15) is 5.56 Å². The largest absolute Gasteiger partial charge is 0.493 e. The van der Waals surface area contributed by atoms with Crippen LogP contribution in [0.4, 0.5) is 5.82 Å². The third-order valence-electron chi connectivity index (χ3n) is 4.79. The van der Waals surface area contributed by atoms with Crippen LogP contribution in [0.15, 0.2) is 72.8 Å². The number of hydrogen-bond acceptors (Lipinski definition) is 5. The molecule has 5 heteroatoms. The molecule has 4 rings (SSSR count). The summed E-state index contributed by atoms with van der Waals surface area (Å²) in [5, 5.41) is 4.50. The van der Waals surface area contributed by atoms with Crippen molar-refractivity contribution in [3.63, 3.8) is 0 Å². The number of hydrogen-bond donors (Lipinski definition) is 1. The number of para-hydroxylation sites is 1. The highest BCUT2D eigenvalue weighted by Crippen LogP contribution is 2.28. The molecule has 0 atom stereocenters. The van der Waals surface area contributed by atoms with Gasteiger partial charge in [-0.3, -0.25) is 0 Å². The fourth-order valence-electron chi connectivity index (χ4n) is 3.29. The van der Waals surface area contributed by atoms with Gasteiger partial charge in [-0.2, -0.15) is 0 Å². The predicted octanol–water partition coefficient (Wildman–Crippen LogP) is 4.97. The van der Waals surface area contributed by atoms with Crippen molar-refractivity contribution in [2.24, 2.45) is 0 Å². The number of benzene rings is 3. The van der Waals surface area contributed by atoms with E-state index in [9.17, 15) is 0 Å². The molecule has 0 fully saturated rings. The number of ether oxygens (including phenoxy) is 2. The summed E-state index contributed by atoms with van der Waals surface area (Å²) >= 11 is 0. The molecular weight excluding hydrogens is 362 g/mol. The summed E-state index contributed by atoms with van der Waals surface area (Å²) < 4.78 is 10.7. The third-order valence-corrected chi connectivity index (χ3v) is 4.79. The lowest BCUT2D eigenvalue weighted by Crippen LogP contribution is -2.08. The molecule has 1 aromatic heterocycles. The summed E-state index contributed by atoms with van der Waals surface area (Å²) in [4.78, 5) is 9.53. The second-order valence-electron chi connectivity index (χ2n) is 6.65. The van der Waals surface area contributed by atoms with Gasteiger partial charge in [0.2, 0.25) is 0 Å². The van der Waals surface area contributed by atoms with Gasteiger partial charge in [0.15, 0.2) is 17.3 Å². The van der Waals surface area contributed by atoms with Crippen molar-refractivity contribution in [3.05, 3.63) is 78.4 Å². The quantitative estimate of drug-likeness (QED) is 0.487. The Balaban J connectivity index is 1.57. The van der Waals surface area contributed by atoms with Crippen molar-refractivity contribution in [2.45, 2.75) is 6.42 Å². The number of anilines is 1. The van der Waals surface area contributed by atoms with E-state index in [1.807, 2.05) is 66.7 Å². The Bertz CT molecular complexity index is 1110. The van der Waals surface area contributed by atoms with Gasteiger partial charge in [-0.1, -0.05) is 48.5 Å². The molecule has 4 aromatic rings. The van der Waals surface area contributed by atoms with E-state index in [4.69, 9.17) is 19.4 Å². The zero-order valence-electron chi connectivity index (χ0n) is 16.6. The van der Waals surface area contributed by atoms with Crippen molar-refractivity contribution < 1.29 is 9.47 Å². The van der Waals surface area contributed by atoms with Gasteiger partial charge in [0, 0.05) is 17.5 Å². The molecule has 0 amide bonds. The summed E-state index contributed by atoms with van der Waals surface area (Å²) in [6, 6.07) is 24.1. The molecule has 3 aromatic carbocycles. The van der Waals surface area contributed by atoms with Gasteiger partial charge >= 0.3 is 0 Å². The summed E-state index contributed by atoms with van der Waals surface area (Å²) in [5.74, 6) is 3.04. The number of fused-ring (bicyclic) bond motifs is 1. The zero-order chi connectivity index (χ0) is 20.1. The average Bonchev–Trinajstić information content (AvgIpc) is 2.79.